The molecule has 4 heteroatoms. The number of aliphatic hydroxyl groups is 1. The molecule has 0 aliphatic carbocycles. The average molecular weight is 326 g/mol. The molecule has 0 saturated heterocycles. The summed E-state index contributed by atoms with van der Waals surface area (Å²) in [5, 5.41) is 10.4. The van der Waals surface area contributed by atoms with Gasteiger partial charge in [0.1, 0.15) is 5.82 Å². The summed E-state index contributed by atoms with van der Waals surface area (Å²) in [6.07, 6.45) is 0. The molecule has 1 heterocycles. The SMILES string of the molecule is CC(C)c1cccc(N(CCO)Cc2cc3ccc(F)cc3[nH]2)c1. The molecule has 0 fully saturated rings. The highest BCUT2D eigenvalue weighted by Crippen LogP contribution is 2.24. The molecule has 0 bridgehead atoms. The highest BCUT2D eigenvalue weighted by molar-refractivity contribution is 5.80. The number of halogens is 1. The molecule has 0 saturated carbocycles. The van der Waals surface area contributed by atoms with Crippen molar-refractivity contribution in [2.75, 3.05) is 18.1 Å². The molecule has 0 unspecified atom stereocenters. The van der Waals surface area contributed by atoms with Gasteiger partial charge in [-0.1, -0.05) is 26.0 Å². The monoisotopic (exact) mass is 326 g/mol. The van der Waals surface area contributed by atoms with Gasteiger partial charge in [0, 0.05) is 23.4 Å². The first-order valence-electron chi connectivity index (χ1n) is 8.29. The minimum absolute atomic E-state index is 0.0841. The van der Waals surface area contributed by atoms with Crippen LogP contribution in [0.5, 0.6) is 0 Å². The Morgan fingerprint density at radius 3 is 2.71 bits per heavy atom. The second-order valence-corrected chi connectivity index (χ2v) is 6.42. The number of hydrogen-bond donors (Lipinski definition) is 2. The molecule has 126 valence electrons. The summed E-state index contributed by atoms with van der Waals surface area (Å²) in [5.74, 6) is 0.213. The zero-order valence-corrected chi connectivity index (χ0v) is 14.1. The van der Waals surface area contributed by atoms with Gasteiger partial charge in [-0.15, -0.1) is 0 Å². The van der Waals surface area contributed by atoms with E-state index in [0.29, 0.717) is 19.0 Å². The fourth-order valence-electron chi connectivity index (χ4n) is 2.95. The lowest BCUT2D eigenvalue weighted by molar-refractivity contribution is 0.301. The quantitative estimate of drug-likeness (QED) is 0.703. The van der Waals surface area contributed by atoms with Crippen molar-refractivity contribution in [3.8, 4) is 0 Å². The number of fused-ring (bicyclic) bond motifs is 1. The van der Waals surface area contributed by atoms with Gasteiger partial charge in [-0.3, -0.25) is 0 Å². The summed E-state index contributed by atoms with van der Waals surface area (Å²) in [5.41, 5.74) is 4.15. The summed E-state index contributed by atoms with van der Waals surface area (Å²) in [6.45, 7) is 5.61. The van der Waals surface area contributed by atoms with Gasteiger partial charge in [-0.2, -0.15) is 0 Å². The summed E-state index contributed by atoms with van der Waals surface area (Å²) in [4.78, 5) is 5.40. The van der Waals surface area contributed by atoms with E-state index >= 15 is 0 Å². The van der Waals surface area contributed by atoms with E-state index < -0.39 is 0 Å². The number of hydrogen-bond acceptors (Lipinski definition) is 2. The van der Waals surface area contributed by atoms with Gasteiger partial charge < -0.3 is 15.0 Å². The Bertz CT molecular complexity index is 825. The number of nitrogens with one attached hydrogen (secondary N) is 1. The van der Waals surface area contributed by atoms with E-state index in [9.17, 15) is 9.50 Å². The molecule has 24 heavy (non-hydrogen) atoms. The predicted molar refractivity (Wildman–Crippen MR) is 96.9 cm³/mol. The third-order valence-electron chi connectivity index (χ3n) is 4.27. The minimum Gasteiger partial charge on any atom is -0.395 e. The Morgan fingerprint density at radius 1 is 1.12 bits per heavy atom. The predicted octanol–water partition coefficient (Wildman–Crippen LogP) is 4.43. The highest BCUT2D eigenvalue weighted by atomic mass is 19.1. The summed E-state index contributed by atoms with van der Waals surface area (Å²) in [7, 11) is 0. The third-order valence-corrected chi connectivity index (χ3v) is 4.27. The van der Waals surface area contributed by atoms with Gasteiger partial charge in [0.15, 0.2) is 0 Å². The van der Waals surface area contributed by atoms with Crippen molar-refractivity contribution in [3.63, 3.8) is 0 Å². The molecule has 2 aromatic carbocycles. The number of nitrogens with zero attached hydrogens (tertiary/aromatic N) is 1. The third kappa shape index (κ3) is 3.60. The van der Waals surface area contributed by atoms with Gasteiger partial charge >= 0.3 is 0 Å². The molecule has 0 aliphatic rings. The molecule has 3 rings (SSSR count). The van der Waals surface area contributed by atoms with Crippen molar-refractivity contribution < 1.29 is 9.50 Å². The largest absolute Gasteiger partial charge is 0.395 e. The maximum absolute atomic E-state index is 13.4. The number of aromatic nitrogens is 1. The number of benzene rings is 2. The van der Waals surface area contributed by atoms with Crippen LogP contribution in [0.3, 0.4) is 0 Å². The molecule has 0 aliphatic heterocycles. The van der Waals surface area contributed by atoms with Crippen molar-refractivity contribution in [2.24, 2.45) is 0 Å². The summed E-state index contributed by atoms with van der Waals surface area (Å²) >= 11 is 0. The van der Waals surface area contributed by atoms with Crippen LogP contribution in [-0.4, -0.2) is 23.2 Å². The maximum Gasteiger partial charge on any atom is 0.125 e. The zero-order valence-electron chi connectivity index (χ0n) is 14.1. The van der Waals surface area contributed by atoms with Crippen LogP contribution in [0.4, 0.5) is 10.1 Å². The molecule has 3 aromatic rings. The first-order valence-corrected chi connectivity index (χ1v) is 8.29. The molecule has 0 spiro atoms. The first kappa shape index (κ1) is 16.5. The lowest BCUT2D eigenvalue weighted by Gasteiger charge is -2.24. The number of aromatic amines is 1. The molecule has 0 radical (unpaired) electrons. The number of rotatable bonds is 6. The summed E-state index contributed by atoms with van der Waals surface area (Å²) < 4.78 is 13.4. The van der Waals surface area contributed by atoms with Crippen LogP contribution in [-0.2, 0) is 6.54 Å². The molecule has 1 aromatic heterocycles. The lowest BCUT2D eigenvalue weighted by atomic mass is 10.0. The number of anilines is 1. The smallest absolute Gasteiger partial charge is 0.125 e. The van der Waals surface area contributed by atoms with Crippen LogP contribution in [0, 0.1) is 5.82 Å². The van der Waals surface area contributed by atoms with E-state index in [4.69, 9.17) is 0 Å². The van der Waals surface area contributed by atoms with Crippen molar-refractivity contribution in [3.05, 3.63) is 65.6 Å². The number of aliphatic hydroxyl groups excluding tert-OH is 1. The molecular formula is C20H23FN2O. The van der Waals surface area contributed by atoms with Crippen molar-refractivity contribution in [2.45, 2.75) is 26.3 Å². The van der Waals surface area contributed by atoms with Crippen molar-refractivity contribution in [1.82, 2.24) is 4.98 Å². The van der Waals surface area contributed by atoms with Crippen LogP contribution in [0.1, 0.15) is 31.0 Å². The second-order valence-electron chi connectivity index (χ2n) is 6.42. The Morgan fingerprint density at radius 2 is 1.96 bits per heavy atom. The van der Waals surface area contributed by atoms with Crippen LogP contribution in [0.25, 0.3) is 10.9 Å². The topological polar surface area (TPSA) is 39.3 Å². The van der Waals surface area contributed by atoms with Gasteiger partial charge in [0.25, 0.3) is 0 Å². The zero-order chi connectivity index (χ0) is 17.1. The average Bonchev–Trinajstić information content (AvgIpc) is 2.96. The Labute approximate surface area is 141 Å². The normalized spacial score (nSPS) is 11.4. The minimum atomic E-state index is -0.243. The molecule has 0 atom stereocenters. The Balaban J connectivity index is 1.88. The highest BCUT2D eigenvalue weighted by Gasteiger charge is 2.11. The van der Waals surface area contributed by atoms with E-state index in [2.05, 4.69) is 48.0 Å². The van der Waals surface area contributed by atoms with Gasteiger partial charge in [-0.05, 0) is 53.3 Å². The maximum atomic E-state index is 13.4. The Hall–Kier alpha value is -2.33. The van der Waals surface area contributed by atoms with Gasteiger partial charge in [0.05, 0.1) is 13.2 Å². The lowest BCUT2D eigenvalue weighted by Crippen LogP contribution is -2.26. The van der Waals surface area contributed by atoms with Gasteiger partial charge in [-0.25, -0.2) is 4.39 Å². The second kappa shape index (κ2) is 7.05. The van der Waals surface area contributed by atoms with Crippen LogP contribution >= 0.6 is 0 Å². The van der Waals surface area contributed by atoms with E-state index in [-0.39, 0.29) is 12.4 Å². The molecule has 0 amide bonds. The molecular weight excluding hydrogens is 303 g/mol. The van der Waals surface area contributed by atoms with Crippen molar-refractivity contribution in [1.29, 1.82) is 0 Å². The van der Waals surface area contributed by atoms with Crippen molar-refractivity contribution >= 4 is 16.6 Å². The van der Waals surface area contributed by atoms with Gasteiger partial charge in [0.2, 0.25) is 0 Å². The first-order chi connectivity index (χ1) is 11.6. The number of H-pyrrole nitrogens is 1. The van der Waals surface area contributed by atoms with Crippen LogP contribution < -0.4 is 4.90 Å². The van der Waals surface area contributed by atoms with E-state index in [1.54, 1.807) is 6.07 Å². The Kier molecular flexibility index (Phi) is 4.86. The molecule has 2 N–H and O–H groups in total. The standard InChI is InChI=1S/C20H23FN2O/c1-14(2)15-4-3-5-19(11-15)23(8-9-24)13-18-10-16-6-7-17(21)12-20(16)22-18/h3-7,10-12,14,22,24H,8-9,13H2,1-2H3. The van der Waals surface area contributed by atoms with Crippen LogP contribution in [0.15, 0.2) is 48.5 Å². The molecule has 3 nitrogen and oxygen atoms in total. The fraction of sp³-hybridized carbons (Fsp3) is 0.300. The van der Waals surface area contributed by atoms with E-state index in [0.717, 1.165) is 22.3 Å². The van der Waals surface area contributed by atoms with Crippen LogP contribution in [0.2, 0.25) is 0 Å². The summed E-state index contributed by atoms with van der Waals surface area (Å²) in [6, 6.07) is 15.2. The van der Waals surface area contributed by atoms with E-state index in [1.807, 2.05) is 6.07 Å². The van der Waals surface area contributed by atoms with E-state index in [1.165, 1.54) is 17.7 Å². The fourth-order valence-corrected chi connectivity index (χ4v) is 2.95.